The second kappa shape index (κ2) is 7.40. The topological polar surface area (TPSA) is 64.9 Å². The first kappa shape index (κ1) is 14.2. The molecule has 5 heteroatoms. The SMILES string of the molecule is NCCCCCc1nc(Cc2cccc(Br)c2)no1. The lowest BCUT2D eigenvalue weighted by molar-refractivity contribution is 0.369. The highest BCUT2D eigenvalue weighted by atomic mass is 79.9. The number of aromatic nitrogens is 2. The molecule has 0 spiro atoms. The quantitative estimate of drug-likeness (QED) is 0.795. The van der Waals surface area contributed by atoms with Gasteiger partial charge in [-0.05, 0) is 37.1 Å². The summed E-state index contributed by atoms with van der Waals surface area (Å²) in [6, 6.07) is 8.13. The standard InChI is InChI=1S/C14H18BrN3O/c15-12-6-4-5-11(9-12)10-13-17-14(19-18-13)7-2-1-3-8-16/h4-6,9H,1-3,7-8,10,16H2. The number of benzene rings is 1. The number of nitrogens with zero attached hydrogens (tertiary/aromatic N) is 2. The Balaban J connectivity index is 1.87. The maximum atomic E-state index is 5.45. The van der Waals surface area contributed by atoms with Gasteiger partial charge in [-0.1, -0.05) is 39.6 Å². The van der Waals surface area contributed by atoms with Crippen molar-refractivity contribution in [2.75, 3.05) is 6.54 Å². The van der Waals surface area contributed by atoms with E-state index >= 15 is 0 Å². The molecule has 2 N–H and O–H groups in total. The van der Waals surface area contributed by atoms with Gasteiger partial charge in [-0.25, -0.2) is 0 Å². The van der Waals surface area contributed by atoms with Crippen LogP contribution in [0.2, 0.25) is 0 Å². The maximum absolute atomic E-state index is 5.45. The fourth-order valence-electron chi connectivity index (χ4n) is 1.89. The number of hydrogen-bond acceptors (Lipinski definition) is 4. The van der Waals surface area contributed by atoms with E-state index in [4.69, 9.17) is 10.3 Å². The zero-order chi connectivity index (χ0) is 13.5. The summed E-state index contributed by atoms with van der Waals surface area (Å²) in [5.74, 6) is 1.47. The van der Waals surface area contributed by atoms with Crippen LogP contribution in [-0.2, 0) is 12.8 Å². The lowest BCUT2D eigenvalue weighted by Gasteiger charge is -1.97. The molecular weight excluding hydrogens is 306 g/mol. The maximum Gasteiger partial charge on any atom is 0.226 e. The molecule has 0 aliphatic carbocycles. The van der Waals surface area contributed by atoms with Gasteiger partial charge in [0.05, 0.1) is 0 Å². The van der Waals surface area contributed by atoms with Gasteiger partial charge in [0, 0.05) is 17.3 Å². The molecule has 1 aromatic heterocycles. The first-order valence-electron chi connectivity index (χ1n) is 6.54. The summed E-state index contributed by atoms with van der Waals surface area (Å²) in [5.41, 5.74) is 6.63. The first-order chi connectivity index (χ1) is 9.28. The second-order valence-corrected chi connectivity index (χ2v) is 5.43. The van der Waals surface area contributed by atoms with Crippen LogP contribution in [0.3, 0.4) is 0 Å². The minimum atomic E-state index is 0.700. The fraction of sp³-hybridized carbons (Fsp3) is 0.429. The lowest BCUT2D eigenvalue weighted by atomic mass is 10.1. The minimum absolute atomic E-state index is 0.700. The van der Waals surface area contributed by atoms with Crippen LogP contribution in [0.1, 0.15) is 36.5 Å². The van der Waals surface area contributed by atoms with Gasteiger partial charge in [0.25, 0.3) is 0 Å². The third-order valence-electron chi connectivity index (χ3n) is 2.86. The Morgan fingerprint density at radius 2 is 2.11 bits per heavy atom. The van der Waals surface area contributed by atoms with Gasteiger partial charge >= 0.3 is 0 Å². The van der Waals surface area contributed by atoms with Crippen LogP contribution in [0.15, 0.2) is 33.3 Å². The molecule has 0 unspecified atom stereocenters. The van der Waals surface area contributed by atoms with Gasteiger partial charge in [0.2, 0.25) is 5.89 Å². The van der Waals surface area contributed by atoms with Crippen LogP contribution in [0, 0.1) is 0 Å². The summed E-state index contributed by atoms with van der Waals surface area (Å²) in [6.45, 7) is 0.748. The number of nitrogens with two attached hydrogens (primary N) is 1. The average Bonchev–Trinajstić information content (AvgIpc) is 2.82. The third kappa shape index (κ3) is 4.76. The van der Waals surface area contributed by atoms with Gasteiger partial charge in [-0.3, -0.25) is 0 Å². The number of unbranched alkanes of at least 4 members (excludes halogenated alkanes) is 2. The highest BCUT2D eigenvalue weighted by molar-refractivity contribution is 9.10. The summed E-state index contributed by atoms with van der Waals surface area (Å²) < 4.78 is 6.31. The van der Waals surface area contributed by atoms with E-state index in [0.29, 0.717) is 6.42 Å². The molecule has 1 aromatic carbocycles. The van der Waals surface area contributed by atoms with Gasteiger partial charge in [0.1, 0.15) is 0 Å². The van der Waals surface area contributed by atoms with E-state index in [1.165, 1.54) is 5.56 Å². The lowest BCUT2D eigenvalue weighted by Crippen LogP contribution is -1.98. The van der Waals surface area contributed by atoms with Crippen LogP contribution in [-0.4, -0.2) is 16.7 Å². The van der Waals surface area contributed by atoms with E-state index in [-0.39, 0.29) is 0 Å². The molecule has 0 amide bonds. The minimum Gasteiger partial charge on any atom is -0.339 e. The van der Waals surface area contributed by atoms with Crippen molar-refractivity contribution in [3.05, 3.63) is 46.0 Å². The number of rotatable bonds is 7. The Bertz CT molecular complexity index is 513. The fourth-order valence-corrected chi connectivity index (χ4v) is 2.34. The highest BCUT2D eigenvalue weighted by Crippen LogP contribution is 2.14. The van der Waals surface area contributed by atoms with Crippen molar-refractivity contribution in [3.63, 3.8) is 0 Å². The largest absolute Gasteiger partial charge is 0.339 e. The smallest absolute Gasteiger partial charge is 0.226 e. The Morgan fingerprint density at radius 1 is 1.21 bits per heavy atom. The summed E-state index contributed by atoms with van der Waals surface area (Å²) in [7, 11) is 0. The Hall–Kier alpha value is -1.20. The molecule has 0 fully saturated rings. The third-order valence-corrected chi connectivity index (χ3v) is 3.35. The molecule has 2 rings (SSSR count). The Labute approximate surface area is 121 Å². The number of aryl methyl sites for hydroxylation is 1. The molecule has 0 aliphatic heterocycles. The molecular formula is C14H18BrN3O. The van der Waals surface area contributed by atoms with Crippen molar-refractivity contribution in [1.29, 1.82) is 0 Å². The average molecular weight is 324 g/mol. The van der Waals surface area contributed by atoms with Crippen LogP contribution in [0.25, 0.3) is 0 Å². The molecule has 0 radical (unpaired) electrons. The summed E-state index contributed by atoms with van der Waals surface area (Å²) in [5, 5.41) is 4.01. The van der Waals surface area contributed by atoms with E-state index in [1.807, 2.05) is 12.1 Å². The summed E-state index contributed by atoms with van der Waals surface area (Å²) in [4.78, 5) is 4.41. The molecule has 0 bridgehead atoms. The van der Waals surface area contributed by atoms with Crippen molar-refractivity contribution < 1.29 is 4.52 Å². The summed E-state index contributed by atoms with van der Waals surface area (Å²) in [6.07, 6.45) is 4.76. The van der Waals surface area contributed by atoms with Crippen molar-refractivity contribution in [1.82, 2.24) is 10.1 Å². The number of halogens is 1. The molecule has 102 valence electrons. The van der Waals surface area contributed by atoms with Gasteiger partial charge in [0.15, 0.2) is 5.82 Å². The van der Waals surface area contributed by atoms with E-state index in [0.717, 1.165) is 48.4 Å². The van der Waals surface area contributed by atoms with Crippen molar-refractivity contribution in [3.8, 4) is 0 Å². The highest BCUT2D eigenvalue weighted by Gasteiger charge is 2.07. The van der Waals surface area contributed by atoms with E-state index in [2.05, 4.69) is 38.2 Å². The van der Waals surface area contributed by atoms with E-state index in [9.17, 15) is 0 Å². The van der Waals surface area contributed by atoms with Crippen LogP contribution in [0.5, 0.6) is 0 Å². The predicted molar refractivity (Wildman–Crippen MR) is 77.9 cm³/mol. The molecule has 1 heterocycles. The second-order valence-electron chi connectivity index (χ2n) is 4.51. The van der Waals surface area contributed by atoms with Crippen LogP contribution >= 0.6 is 15.9 Å². The molecule has 4 nitrogen and oxygen atoms in total. The van der Waals surface area contributed by atoms with Gasteiger partial charge < -0.3 is 10.3 Å². The Morgan fingerprint density at radius 3 is 2.89 bits per heavy atom. The van der Waals surface area contributed by atoms with Crippen molar-refractivity contribution >= 4 is 15.9 Å². The van der Waals surface area contributed by atoms with E-state index in [1.54, 1.807) is 0 Å². The molecule has 0 saturated carbocycles. The molecule has 0 aliphatic rings. The van der Waals surface area contributed by atoms with Crippen LogP contribution < -0.4 is 5.73 Å². The first-order valence-corrected chi connectivity index (χ1v) is 7.33. The van der Waals surface area contributed by atoms with Crippen molar-refractivity contribution in [2.45, 2.75) is 32.1 Å². The van der Waals surface area contributed by atoms with Crippen molar-refractivity contribution in [2.24, 2.45) is 5.73 Å². The Kier molecular flexibility index (Phi) is 5.54. The van der Waals surface area contributed by atoms with Gasteiger partial charge in [-0.2, -0.15) is 4.98 Å². The van der Waals surface area contributed by atoms with Crippen LogP contribution in [0.4, 0.5) is 0 Å². The van der Waals surface area contributed by atoms with Gasteiger partial charge in [-0.15, -0.1) is 0 Å². The predicted octanol–water partition coefficient (Wildman–Crippen LogP) is 3.09. The molecule has 0 saturated heterocycles. The normalized spacial score (nSPS) is 10.8. The zero-order valence-electron chi connectivity index (χ0n) is 10.8. The summed E-state index contributed by atoms with van der Waals surface area (Å²) >= 11 is 3.46. The zero-order valence-corrected chi connectivity index (χ0v) is 12.4. The van der Waals surface area contributed by atoms with E-state index < -0.39 is 0 Å². The number of hydrogen-bond donors (Lipinski definition) is 1. The molecule has 19 heavy (non-hydrogen) atoms. The molecule has 0 atom stereocenters. The molecule has 2 aromatic rings. The monoisotopic (exact) mass is 323 g/mol.